The van der Waals surface area contributed by atoms with Crippen molar-refractivity contribution in [2.24, 2.45) is 10.4 Å². The Morgan fingerprint density at radius 3 is 2.58 bits per heavy atom. The molecule has 3 aliphatic rings. The van der Waals surface area contributed by atoms with Crippen molar-refractivity contribution >= 4 is 5.96 Å². The average molecular weight is 336 g/mol. The highest BCUT2D eigenvalue weighted by molar-refractivity contribution is 5.80. The molecule has 4 nitrogen and oxygen atoms in total. The highest BCUT2D eigenvalue weighted by atomic mass is 16.5. The first-order chi connectivity index (χ1) is 11.8. The van der Waals surface area contributed by atoms with Gasteiger partial charge in [0.2, 0.25) is 0 Å². The molecular weight excluding hydrogens is 298 g/mol. The summed E-state index contributed by atoms with van der Waals surface area (Å²) in [6.07, 6.45) is 16.6. The fraction of sp³-hybridized carbons (Fsp3) is 0.950. The van der Waals surface area contributed by atoms with Crippen LogP contribution in [0.4, 0.5) is 0 Å². The quantitative estimate of drug-likeness (QED) is 0.435. The molecule has 1 aliphatic heterocycles. The molecule has 0 unspecified atom stereocenters. The molecule has 0 aromatic heterocycles. The summed E-state index contributed by atoms with van der Waals surface area (Å²) in [4.78, 5) is 6.97. The molecule has 3 rings (SSSR count). The number of hydrogen-bond acceptors (Lipinski definition) is 2. The summed E-state index contributed by atoms with van der Waals surface area (Å²) in [7, 11) is 1.92. The van der Waals surface area contributed by atoms with E-state index in [-0.39, 0.29) is 0 Å². The normalized spacial score (nSPS) is 24.4. The fourth-order valence-electron chi connectivity index (χ4n) is 4.62. The van der Waals surface area contributed by atoms with Crippen LogP contribution in [0.15, 0.2) is 4.99 Å². The van der Waals surface area contributed by atoms with Crippen molar-refractivity contribution in [3.05, 3.63) is 0 Å². The molecule has 0 atom stereocenters. The van der Waals surface area contributed by atoms with Gasteiger partial charge in [-0.2, -0.15) is 0 Å². The molecular formula is C20H37N3O. The second kappa shape index (κ2) is 9.07. The predicted octanol–water partition coefficient (Wildman–Crippen LogP) is 3.96. The standard InChI is InChI=1S/C20H37N3O/c1-21-19(23-15-13-20(17-23)11-8-12-20)22-14-6-3-7-16-24-18-9-4-2-5-10-18/h18H,2-17H2,1H3,(H,21,22). The van der Waals surface area contributed by atoms with E-state index in [9.17, 15) is 0 Å². The molecule has 0 aromatic carbocycles. The van der Waals surface area contributed by atoms with Crippen LogP contribution < -0.4 is 5.32 Å². The Hall–Kier alpha value is -0.770. The van der Waals surface area contributed by atoms with E-state index in [1.165, 1.54) is 90.1 Å². The molecule has 1 heterocycles. The third-order valence-corrected chi connectivity index (χ3v) is 6.37. The van der Waals surface area contributed by atoms with Crippen molar-refractivity contribution in [2.75, 3.05) is 33.3 Å². The Morgan fingerprint density at radius 2 is 1.92 bits per heavy atom. The number of hydrogen-bond donors (Lipinski definition) is 1. The first-order valence-corrected chi connectivity index (χ1v) is 10.4. The van der Waals surface area contributed by atoms with Crippen molar-refractivity contribution in [3.8, 4) is 0 Å². The highest BCUT2D eigenvalue weighted by Gasteiger charge is 2.43. The Bertz CT molecular complexity index is 400. The minimum Gasteiger partial charge on any atom is -0.378 e. The zero-order chi connectivity index (χ0) is 16.7. The van der Waals surface area contributed by atoms with Crippen LogP contribution in [0.1, 0.15) is 77.0 Å². The van der Waals surface area contributed by atoms with E-state index in [0.29, 0.717) is 11.5 Å². The summed E-state index contributed by atoms with van der Waals surface area (Å²) in [6, 6.07) is 0. The number of nitrogens with one attached hydrogen (secondary N) is 1. The molecule has 1 spiro atoms. The van der Waals surface area contributed by atoms with Crippen LogP contribution in [0.2, 0.25) is 0 Å². The Morgan fingerprint density at radius 1 is 1.08 bits per heavy atom. The van der Waals surface area contributed by atoms with Crippen LogP contribution in [-0.4, -0.2) is 50.3 Å². The average Bonchev–Trinajstić information content (AvgIpc) is 3.04. The van der Waals surface area contributed by atoms with Gasteiger partial charge in [0, 0.05) is 33.3 Å². The number of nitrogens with zero attached hydrogens (tertiary/aromatic N) is 2. The molecule has 138 valence electrons. The zero-order valence-electron chi connectivity index (χ0n) is 15.7. The Kier molecular flexibility index (Phi) is 6.82. The predicted molar refractivity (Wildman–Crippen MR) is 101 cm³/mol. The van der Waals surface area contributed by atoms with Gasteiger partial charge in [0.05, 0.1) is 6.10 Å². The van der Waals surface area contributed by atoms with E-state index in [0.717, 1.165) is 19.1 Å². The van der Waals surface area contributed by atoms with E-state index in [1.54, 1.807) is 0 Å². The second-order valence-corrected chi connectivity index (χ2v) is 8.19. The minimum atomic E-state index is 0.560. The third kappa shape index (κ3) is 4.87. The van der Waals surface area contributed by atoms with Gasteiger partial charge in [0.25, 0.3) is 0 Å². The van der Waals surface area contributed by atoms with Gasteiger partial charge in [-0.25, -0.2) is 0 Å². The van der Waals surface area contributed by atoms with E-state index in [1.807, 2.05) is 7.05 Å². The number of guanidine groups is 1. The number of rotatable bonds is 7. The van der Waals surface area contributed by atoms with Crippen LogP contribution in [0.25, 0.3) is 0 Å². The smallest absolute Gasteiger partial charge is 0.193 e. The number of ether oxygens (including phenoxy) is 1. The number of aliphatic imine (C=N–C) groups is 1. The molecule has 2 aliphatic carbocycles. The first-order valence-electron chi connectivity index (χ1n) is 10.4. The van der Waals surface area contributed by atoms with Gasteiger partial charge in [-0.15, -0.1) is 0 Å². The van der Waals surface area contributed by atoms with Crippen molar-refractivity contribution in [1.82, 2.24) is 10.2 Å². The lowest BCUT2D eigenvalue weighted by Crippen LogP contribution is -2.42. The third-order valence-electron chi connectivity index (χ3n) is 6.37. The zero-order valence-corrected chi connectivity index (χ0v) is 15.7. The van der Waals surface area contributed by atoms with Crippen LogP contribution in [0.5, 0.6) is 0 Å². The van der Waals surface area contributed by atoms with Crippen molar-refractivity contribution in [2.45, 2.75) is 83.2 Å². The SMILES string of the molecule is CN=C(NCCCCCOC1CCCCC1)N1CCC2(CCC2)C1. The lowest BCUT2D eigenvalue weighted by Gasteiger charge is -2.38. The molecule has 2 saturated carbocycles. The van der Waals surface area contributed by atoms with Gasteiger partial charge >= 0.3 is 0 Å². The molecule has 0 bridgehead atoms. The molecule has 0 amide bonds. The lowest BCUT2D eigenvalue weighted by molar-refractivity contribution is 0.0264. The molecule has 0 aromatic rings. The van der Waals surface area contributed by atoms with Crippen molar-refractivity contribution < 1.29 is 4.74 Å². The van der Waals surface area contributed by atoms with Gasteiger partial charge in [-0.05, 0) is 56.8 Å². The van der Waals surface area contributed by atoms with Crippen LogP contribution in [0, 0.1) is 5.41 Å². The topological polar surface area (TPSA) is 36.9 Å². The van der Waals surface area contributed by atoms with E-state index in [2.05, 4.69) is 15.2 Å². The van der Waals surface area contributed by atoms with Gasteiger partial charge in [0.1, 0.15) is 0 Å². The largest absolute Gasteiger partial charge is 0.378 e. The molecule has 0 radical (unpaired) electrons. The van der Waals surface area contributed by atoms with E-state index < -0.39 is 0 Å². The van der Waals surface area contributed by atoms with Crippen LogP contribution >= 0.6 is 0 Å². The Labute approximate surface area is 148 Å². The Balaban J connectivity index is 1.22. The summed E-state index contributed by atoms with van der Waals surface area (Å²) < 4.78 is 6.00. The summed E-state index contributed by atoms with van der Waals surface area (Å²) in [5, 5.41) is 3.57. The first kappa shape index (κ1) is 18.0. The highest BCUT2D eigenvalue weighted by Crippen LogP contribution is 2.47. The lowest BCUT2D eigenvalue weighted by atomic mass is 9.68. The minimum absolute atomic E-state index is 0.560. The summed E-state index contributed by atoms with van der Waals surface area (Å²) in [5.74, 6) is 1.12. The molecule has 4 heteroatoms. The monoisotopic (exact) mass is 335 g/mol. The summed E-state index contributed by atoms with van der Waals surface area (Å²) in [5.41, 5.74) is 0.647. The van der Waals surface area contributed by atoms with Gasteiger partial charge < -0.3 is 15.0 Å². The molecule has 24 heavy (non-hydrogen) atoms. The van der Waals surface area contributed by atoms with Crippen molar-refractivity contribution in [1.29, 1.82) is 0 Å². The number of likely N-dealkylation sites (tertiary alicyclic amines) is 1. The van der Waals surface area contributed by atoms with Crippen LogP contribution in [0.3, 0.4) is 0 Å². The molecule has 1 N–H and O–H groups in total. The maximum atomic E-state index is 6.00. The summed E-state index contributed by atoms with van der Waals surface area (Å²) in [6.45, 7) is 4.41. The second-order valence-electron chi connectivity index (χ2n) is 8.19. The van der Waals surface area contributed by atoms with E-state index in [4.69, 9.17) is 4.74 Å². The maximum absolute atomic E-state index is 6.00. The van der Waals surface area contributed by atoms with E-state index >= 15 is 0 Å². The molecule has 3 fully saturated rings. The fourth-order valence-corrected chi connectivity index (χ4v) is 4.62. The summed E-state index contributed by atoms with van der Waals surface area (Å²) >= 11 is 0. The van der Waals surface area contributed by atoms with Gasteiger partial charge in [-0.1, -0.05) is 25.7 Å². The molecule has 1 saturated heterocycles. The van der Waals surface area contributed by atoms with Crippen molar-refractivity contribution in [3.63, 3.8) is 0 Å². The van der Waals surface area contributed by atoms with Crippen LogP contribution in [-0.2, 0) is 4.74 Å². The maximum Gasteiger partial charge on any atom is 0.193 e. The van der Waals surface area contributed by atoms with Gasteiger partial charge in [0.15, 0.2) is 5.96 Å². The number of unbranched alkanes of at least 4 members (excludes halogenated alkanes) is 2. The van der Waals surface area contributed by atoms with Gasteiger partial charge in [-0.3, -0.25) is 4.99 Å².